The summed E-state index contributed by atoms with van der Waals surface area (Å²) in [5.74, 6) is 0. The van der Waals surface area contributed by atoms with Crippen molar-refractivity contribution in [1.82, 2.24) is 5.32 Å². The first-order valence-corrected chi connectivity index (χ1v) is 6.38. The minimum absolute atomic E-state index is 0.667. The van der Waals surface area contributed by atoms with Crippen LogP contribution < -0.4 is 5.32 Å². The maximum Gasteiger partial charge on any atom is 0.00870 e. The molecule has 0 aliphatic carbocycles. The van der Waals surface area contributed by atoms with Crippen molar-refractivity contribution in [3.8, 4) is 0 Å². The van der Waals surface area contributed by atoms with Crippen LogP contribution in [0, 0.1) is 6.92 Å². The zero-order valence-corrected chi connectivity index (χ0v) is 10.3. The lowest BCUT2D eigenvalue weighted by atomic mass is 10.2. The molecule has 1 aromatic rings. The number of hydrogen-bond donors (Lipinski definition) is 1. The van der Waals surface area contributed by atoms with Crippen molar-refractivity contribution in [3.05, 3.63) is 21.9 Å². The van der Waals surface area contributed by atoms with E-state index in [0.717, 1.165) is 6.54 Å². The Hall–Kier alpha value is -0.340. The van der Waals surface area contributed by atoms with Gasteiger partial charge in [0.25, 0.3) is 0 Å². The lowest BCUT2D eigenvalue weighted by molar-refractivity contribution is 0.513. The molecule has 0 spiro atoms. The van der Waals surface area contributed by atoms with Crippen molar-refractivity contribution >= 4 is 11.3 Å². The summed E-state index contributed by atoms with van der Waals surface area (Å²) in [7, 11) is 0. The predicted molar refractivity (Wildman–Crippen MR) is 65.1 cm³/mol. The number of thiophene rings is 1. The van der Waals surface area contributed by atoms with Crippen molar-refractivity contribution < 1.29 is 0 Å². The first-order valence-electron chi connectivity index (χ1n) is 5.50. The largest absolute Gasteiger partial charge is 0.314 e. The third-order valence-electron chi connectivity index (χ3n) is 2.53. The van der Waals surface area contributed by atoms with Crippen molar-refractivity contribution in [2.24, 2.45) is 0 Å². The Labute approximate surface area is 91.5 Å². The summed E-state index contributed by atoms with van der Waals surface area (Å²) in [6.45, 7) is 7.82. The quantitative estimate of drug-likeness (QED) is 0.760. The molecular weight excluding hydrogens is 190 g/mol. The van der Waals surface area contributed by atoms with Gasteiger partial charge in [-0.15, -0.1) is 11.3 Å². The van der Waals surface area contributed by atoms with Crippen LogP contribution in [0.15, 0.2) is 11.4 Å². The summed E-state index contributed by atoms with van der Waals surface area (Å²) in [5, 5.41) is 5.74. The van der Waals surface area contributed by atoms with E-state index < -0.39 is 0 Å². The molecule has 1 N–H and O–H groups in total. The first kappa shape index (κ1) is 11.7. The SMILES string of the molecule is CCCC(C)NCCc1sccc1C. The van der Waals surface area contributed by atoms with Crippen LogP contribution in [0.5, 0.6) is 0 Å². The van der Waals surface area contributed by atoms with Crippen LogP contribution in [0.4, 0.5) is 0 Å². The molecule has 1 heterocycles. The van der Waals surface area contributed by atoms with Crippen LogP contribution in [0.3, 0.4) is 0 Å². The molecular formula is C12H21NS. The monoisotopic (exact) mass is 211 g/mol. The van der Waals surface area contributed by atoms with E-state index in [2.05, 4.69) is 37.5 Å². The van der Waals surface area contributed by atoms with E-state index in [1.165, 1.54) is 29.7 Å². The third kappa shape index (κ3) is 3.81. The molecule has 14 heavy (non-hydrogen) atoms. The molecule has 0 aliphatic heterocycles. The Balaban J connectivity index is 2.19. The molecule has 1 aromatic heterocycles. The number of rotatable bonds is 6. The molecule has 1 rings (SSSR count). The van der Waals surface area contributed by atoms with Gasteiger partial charge in [-0.25, -0.2) is 0 Å². The van der Waals surface area contributed by atoms with E-state index in [0.29, 0.717) is 6.04 Å². The summed E-state index contributed by atoms with van der Waals surface area (Å²) in [4.78, 5) is 1.53. The second-order valence-electron chi connectivity index (χ2n) is 3.92. The lowest BCUT2D eigenvalue weighted by Crippen LogP contribution is -2.27. The van der Waals surface area contributed by atoms with Gasteiger partial charge in [-0.1, -0.05) is 13.3 Å². The summed E-state index contributed by atoms with van der Waals surface area (Å²) in [5.41, 5.74) is 1.44. The molecule has 0 aromatic carbocycles. The van der Waals surface area contributed by atoms with Gasteiger partial charge in [-0.05, 0) is 43.7 Å². The first-order chi connectivity index (χ1) is 6.74. The number of nitrogens with one attached hydrogen (secondary N) is 1. The molecule has 0 amide bonds. The fourth-order valence-electron chi connectivity index (χ4n) is 1.63. The fourth-order valence-corrected chi connectivity index (χ4v) is 2.54. The van der Waals surface area contributed by atoms with Crippen LogP contribution in [-0.4, -0.2) is 12.6 Å². The van der Waals surface area contributed by atoms with E-state index in [1.807, 2.05) is 11.3 Å². The van der Waals surface area contributed by atoms with Crippen molar-refractivity contribution in [2.75, 3.05) is 6.54 Å². The van der Waals surface area contributed by atoms with Crippen molar-refractivity contribution in [1.29, 1.82) is 0 Å². The zero-order chi connectivity index (χ0) is 10.4. The van der Waals surface area contributed by atoms with Gasteiger partial charge in [0.05, 0.1) is 0 Å². The molecule has 0 saturated carbocycles. The number of aryl methyl sites for hydroxylation is 1. The topological polar surface area (TPSA) is 12.0 Å². The fraction of sp³-hybridized carbons (Fsp3) is 0.667. The van der Waals surface area contributed by atoms with E-state index in [9.17, 15) is 0 Å². The van der Waals surface area contributed by atoms with Crippen LogP contribution in [0.2, 0.25) is 0 Å². The Morgan fingerprint density at radius 2 is 2.29 bits per heavy atom. The van der Waals surface area contributed by atoms with Crippen molar-refractivity contribution in [3.63, 3.8) is 0 Å². The van der Waals surface area contributed by atoms with Crippen LogP contribution in [0.1, 0.15) is 37.1 Å². The smallest absolute Gasteiger partial charge is 0.00870 e. The number of hydrogen-bond acceptors (Lipinski definition) is 2. The summed E-state index contributed by atoms with van der Waals surface area (Å²) in [6.07, 6.45) is 3.73. The summed E-state index contributed by atoms with van der Waals surface area (Å²) < 4.78 is 0. The predicted octanol–water partition coefficient (Wildman–Crippen LogP) is 3.38. The van der Waals surface area contributed by atoms with Gasteiger partial charge < -0.3 is 5.32 Å². The van der Waals surface area contributed by atoms with E-state index in [-0.39, 0.29) is 0 Å². The molecule has 0 aliphatic rings. The van der Waals surface area contributed by atoms with Gasteiger partial charge >= 0.3 is 0 Å². The third-order valence-corrected chi connectivity index (χ3v) is 3.62. The second-order valence-corrected chi connectivity index (χ2v) is 4.92. The Morgan fingerprint density at radius 3 is 2.86 bits per heavy atom. The molecule has 1 nitrogen and oxygen atoms in total. The van der Waals surface area contributed by atoms with Crippen LogP contribution >= 0.6 is 11.3 Å². The molecule has 0 radical (unpaired) electrons. The average molecular weight is 211 g/mol. The molecule has 1 atom stereocenters. The lowest BCUT2D eigenvalue weighted by Gasteiger charge is -2.11. The van der Waals surface area contributed by atoms with Gasteiger partial charge in [0.2, 0.25) is 0 Å². The van der Waals surface area contributed by atoms with E-state index in [1.54, 1.807) is 0 Å². The highest BCUT2D eigenvalue weighted by molar-refractivity contribution is 7.10. The minimum Gasteiger partial charge on any atom is -0.314 e. The molecule has 1 unspecified atom stereocenters. The molecule has 0 fully saturated rings. The standard InChI is InChI=1S/C12H21NS/c1-4-5-11(3)13-8-6-12-10(2)7-9-14-12/h7,9,11,13H,4-6,8H2,1-3H3. The van der Waals surface area contributed by atoms with Gasteiger partial charge in [-0.3, -0.25) is 0 Å². The Morgan fingerprint density at radius 1 is 1.50 bits per heavy atom. The van der Waals surface area contributed by atoms with Gasteiger partial charge in [0.1, 0.15) is 0 Å². The maximum atomic E-state index is 3.56. The summed E-state index contributed by atoms with van der Waals surface area (Å²) in [6, 6.07) is 2.87. The Bertz CT molecular complexity index is 255. The van der Waals surface area contributed by atoms with E-state index >= 15 is 0 Å². The van der Waals surface area contributed by atoms with Crippen LogP contribution in [0.25, 0.3) is 0 Å². The highest BCUT2D eigenvalue weighted by Crippen LogP contribution is 2.15. The highest BCUT2D eigenvalue weighted by atomic mass is 32.1. The van der Waals surface area contributed by atoms with Crippen molar-refractivity contribution in [2.45, 2.75) is 46.1 Å². The minimum atomic E-state index is 0.667. The Kier molecular flexibility index (Phi) is 5.20. The van der Waals surface area contributed by atoms with Gasteiger partial charge in [0, 0.05) is 17.5 Å². The molecule has 2 heteroatoms. The molecule has 0 bridgehead atoms. The highest BCUT2D eigenvalue weighted by Gasteiger charge is 2.01. The van der Waals surface area contributed by atoms with Gasteiger partial charge in [0.15, 0.2) is 0 Å². The molecule has 80 valence electrons. The zero-order valence-electron chi connectivity index (χ0n) is 9.47. The van der Waals surface area contributed by atoms with Crippen LogP contribution in [-0.2, 0) is 6.42 Å². The van der Waals surface area contributed by atoms with Gasteiger partial charge in [-0.2, -0.15) is 0 Å². The second kappa shape index (κ2) is 6.20. The summed E-state index contributed by atoms with van der Waals surface area (Å²) >= 11 is 1.87. The normalized spacial score (nSPS) is 13.1. The molecule has 0 saturated heterocycles. The maximum absolute atomic E-state index is 3.56. The van der Waals surface area contributed by atoms with E-state index in [4.69, 9.17) is 0 Å². The average Bonchev–Trinajstić information content (AvgIpc) is 2.52.